The SMILES string of the molecule is CC(C)N1CCCC1Cc1ccccc1. The monoisotopic (exact) mass is 203 g/mol. The molecule has 0 N–H and O–H groups in total. The molecule has 1 aromatic rings. The van der Waals surface area contributed by atoms with Gasteiger partial charge in [0, 0.05) is 12.1 Å². The molecule has 1 saturated heterocycles. The summed E-state index contributed by atoms with van der Waals surface area (Å²) in [6.45, 7) is 5.90. The van der Waals surface area contributed by atoms with Crippen LogP contribution in [0.1, 0.15) is 32.3 Å². The molecule has 1 aliphatic rings. The van der Waals surface area contributed by atoms with Crippen molar-refractivity contribution >= 4 is 0 Å². The van der Waals surface area contributed by atoms with Crippen LogP contribution < -0.4 is 0 Å². The van der Waals surface area contributed by atoms with Crippen LogP contribution in [0.3, 0.4) is 0 Å². The Morgan fingerprint density at radius 1 is 1.27 bits per heavy atom. The Balaban J connectivity index is 2.00. The molecule has 1 unspecified atom stereocenters. The summed E-state index contributed by atoms with van der Waals surface area (Å²) in [5.41, 5.74) is 1.48. The first kappa shape index (κ1) is 10.7. The molecule has 0 amide bonds. The van der Waals surface area contributed by atoms with Crippen molar-refractivity contribution in [3.8, 4) is 0 Å². The van der Waals surface area contributed by atoms with Gasteiger partial charge in [-0.3, -0.25) is 4.90 Å². The second kappa shape index (κ2) is 4.80. The molecule has 1 heteroatoms. The zero-order chi connectivity index (χ0) is 10.7. The highest BCUT2D eigenvalue weighted by Gasteiger charge is 2.26. The van der Waals surface area contributed by atoms with Gasteiger partial charge in [0.25, 0.3) is 0 Å². The Morgan fingerprint density at radius 2 is 2.00 bits per heavy atom. The predicted octanol–water partition coefficient (Wildman–Crippen LogP) is 3.10. The molecule has 1 atom stereocenters. The average molecular weight is 203 g/mol. The minimum Gasteiger partial charge on any atom is -0.298 e. The summed E-state index contributed by atoms with van der Waals surface area (Å²) in [7, 11) is 0. The third-order valence-corrected chi connectivity index (χ3v) is 3.40. The van der Waals surface area contributed by atoms with E-state index in [2.05, 4.69) is 49.1 Å². The lowest BCUT2D eigenvalue weighted by atomic mass is 10.0. The molecule has 2 rings (SSSR count). The van der Waals surface area contributed by atoms with Gasteiger partial charge in [-0.25, -0.2) is 0 Å². The zero-order valence-corrected chi connectivity index (χ0v) is 9.82. The lowest BCUT2D eigenvalue weighted by Crippen LogP contribution is -2.36. The maximum Gasteiger partial charge on any atom is 0.0139 e. The molecule has 82 valence electrons. The highest BCUT2D eigenvalue weighted by Crippen LogP contribution is 2.23. The normalized spacial score (nSPS) is 22.5. The molecule has 15 heavy (non-hydrogen) atoms. The lowest BCUT2D eigenvalue weighted by molar-refractivity contribution is 0.203. The largest absolute Gasteiger partial charge is 0.298 e. The fourth-order valence-electron chi connectivity index (χ4n) is 2.64. The van der Waals surface area contributed by atoms with Crippen LogP contribution in [0.4, 0.5) is 0 Å². The van der Waals surface area contributed by atoms with Crippen LogP contribution in [-0.4, -0.2) is 23.5 Å². The molecule has 1 heterocycles. The fourth-order valence-corrected chi connectivity index (χ4v) is 2.64. The van der Waals surface area contributed by atoms with Crippen LogP contribution in [-0.2, 0) is 6.42 Å². The first-order chi connectivity index (χ1) is 7.27. The number of rotatable bonds is 3. The minimum atomic E-state index is 0.696. The van der Waals surface area contributed by atoms with E-state index in [0.717, 1.165) is 6.04 Å². The Labute approximate surface area is 93.1 Å². The van der Waals surface area contributed by atoms with Crippen molar-refractivity contribution in [3.05, 3.63) is 35.9 Å². The van der Waals surface area contributed by atoms with Gasteiger partial charge in [-0.15, -0.1) is 0 Å². The number of likely N-dealkylation sites (tertiary alicyclic amines) is 1. The summed E-state index contributed by atoms with van der Waals surface area (Å²) < 4.78 is 0. The van der Waals surface area contributed by atoms with Crippen molar-refractivity contribution in [3.63, 3.8) is 0 Å². The highest BCUT2D eigenvalue weighted by molar-refractivity contribution is 5.16. The van der Waals surface area contributed by atoms with Crippen LogP contribution in [0.5, 0.6) is 0 Å². The second-order valence-electron chi connectivity index (χ2n) is 4.82. The fraction of sp³-hybridized carbons (Fsp3) is 0.571. The van der Waals surface area contributed by atoms with E-state index in [0.29, 0.717) is 6.04 Å². The van der Waals surface area contributed by atoms with Crippen LogP contribution in [0, 0.1) is 0 Å². The maximum absolute atomic E-state index is 2.65. The number of nitrogens with zero attached hydrogens (tertiary/aromatic N) is 1. The summed E-state index contributed by atoms with van der Waals surface area (Å²) >= 11 is 0. The van der Waals surface area contributed by atoms with E-state index in [9.17, 15) is 0 Å². The van der Waals surface area contributed by atoms with Gasteiger partial charge in [0.1, 0.15) is 0 Å². The van der Waals surface area contributed by atoms with Gasteiger partial charge < -0.3 is 0 Å². The third-order valence-electron chi connectivity index (χ3n) is 3.40. The number of hydrogen-bond acceptors (Lipinski definition) is 1. The van der Waals surface area contributed by atoms with Crippen molar-refractivity contribution in [2.75, 3.05) is 6.54 Å². The van der Waals surface area contributed by atoms with Crippen LogP contribution in [0.15, 0.2) is 30.3 Å². The summed E-state index contributed by atoms with van der Waals surface area (Å²) in [5, 5.41) is 0. The van der Waals surface area contributed by atoms with E-state index < -0.39 is 0 Å². The molecular weight excluding hydrogens is 182 g/mol. The maximum atomic E-state index is 2.65. The molecule has 0 aliphatic carbocycles. The van der Waals surface area contributed by atoms with E-state index in [-0.39, 0.29) is 0 Å². The first-order valence-corrected chi connectivity index (χ1v) is 6.07. The average Bonchev–Trinajstić information content (AvgIpc) is 2.67. The molecule has 1 aliphatic heterocycles. The van der Waals surface area contributed by atoms with Crippen LogP contribution >= 0.6 is 0 Å². The van der Waals surface area contributed by atoms with Gasteiger partial charge in [-0.1, -0.05) is 30.3 Å². The van der Waals surface area contributed by atoms with Crippen LogP contribution in [0.2, 0.25) is 0 Å². The van der Waals surface area contributed by atoms with Crippen molar-refractivity contribution in [1.82, 2.24) is 4.90 Å². The van der Waals surface area contributed by atoms with Crippen molar-refractivity contribution in [2.24, 2.45) is 0 Å². The summed E-state index contributed by atoms with van der Waals surface area (Å²) in [4.78, 5) is 2.65. The number of hydrogen-bond donors (Lipinski definition) is 0. The topological polar surface area (TPSA) is 3.24 Å². The van der Waals surface area contributed by atoms with E-state index >= 15 is 0 Å². The van der Waals surface area contributed by atoms with Gasteiger partial charge >= 0.3 is 0 Å². The molecule has 0 aromatic heterocycles. The molecule has 1 nitrogen and oxygen atoms in total. The molecule has 0 spiro atoms. The van der Waals surface area contributed by atoms with E-state index in [1.54, 1.807) is 0 Å². The van der Waals surface area contributed by atoms with Crippen molar-refractivity contribution in [2.45, 2.75) is 45.2 Å². The summed E-state index contributed by atoms with van der Waals surface area (Å²) in [6.07, 6.45) is 3.96. The van der Waals surface area contributed by atoms with Crippen molar-refractivity contribution in [1.29, 1.82) is 0 Å². The van der Waals surface area contributed by atoms with E-state index in [1.807, 2.05) is 0 Å². The molecule has 0 saturated carbocycles. The Bertz CT molecular complexity index is 291. The molecular formula is C14H21N. The Kier molecular flexibility index (Phi) is 3.42. The number of benzene rings is 1. The summed E-state index contributed by atoms with van der Waals surface area (Å²) in [6, 6.07) is 12.3. The van der Waals surface area contributed by atoms with Gasteiger partial charge in [0.15, 0.2) is 0 Å². The van der Waals surface area contributed by atoms with Gasteiger partial charge in [-0.05, 0) is 45.2 Å². The highest BCUT2D eigenvalue weighted by atomic mass is 15.2. The van der Waals surface area contributed by atoms with Gasteiger partial charge in [0.05, 0.1) is 0 Å². The third kappa shape index (κ3) is 2.60. The van der Waals surface area contributed by atoms with Crippen LogP contribution in [0.25, 0.3) is 0 Å². The molecule has 1 fully saturated rings. The van der Waals surface area contributed by atoms with Gasteiger partial charge in [-0.2, -0.15) is 0 Å². The Morgan fingerprint density at radius 3 is 2.67 bits per heavy atom. The molecule has 1 aromatic carbocycles. The quantitative estimate of drug-likeness (QED) is 0.729. The second-order valence-corrected chi connectivity index (χ2v) is 4.82. The van der Waals surface area contributed by atoms with Gasteiger partial charge in [0.2, 0.25) is 0 Å². The van der Waals surface area contributed by atoms with E-state index in [1.165, 1.54) is 31.4 Å². The zero-order valence-electron chi connectivity index (χ0n) is 9.82. The standard InChI is InChI=1S/C14H21N/c1-12(2)15-10-6-9-14(15)11-13-7-4-3-5-8-13/h3-5,7-8,12,14H,6,9-11H2,1-2H3. The first-order valence-electron chi connectivity index (χ1n) is 6.07. The minimum absolute atomic E-state index is 0.696. The summed E-state index contributed by atoms with van der Waals surface area (Å²) in [5.74, 6) is 0. The van der Waals surface area contributed by atoms with Crippen molar-refractivity contribution < 1.29 is 0 Å². The van der Waals surface area contributed by atoms with E-state index in [4.69, 9.17) is 0 Å². The predicted molar refractivity (Wildman–Crippen MR) is 65.0 cm³/mol. The smallest absolute Gasteiger partial charge is 0.0139 e. The molecule has 0 bridgehead atoms. The molecule has 0 radical (unpaired) electrons. The lowest BCUT2D eigenvalue weighted by Gasteiger charge is -2.28. The Hall–Kier alpha value is -0.820.